The molecular formula is C15H23N5. The fourth-order valence-corrected chi connectivity index (χ4v) is 3.37. The SMILES string of the molecule is Nc1nc(CC2CC2)cc(N2CC(N3CCCC3)C2)n1. The van der Waals surface area contributed by atoms with Gasteiger partial charge in [-0.2, -0.15) is 4.98 Å². The van der Waals surface area contributed by atoms with Gasteiger partial charge in [-0.15, -0.1) is 0 Å². The summed E-state index contributed by atoms with van der Waals surface area (Å²) in [6.45, 7) is 4.74. The van der Waals surface area contributed by atoms with Crippen LogP contribution in [0.5, 0.6) is 0 Å². The van der Waals surface area contributed by atoms with E-state index in [-0.39, 0.29) is 0 Å². The molecule has 3 heterocycles. The molecule has 0 spiro atoms. The van der Waals surface area contributed by atoms with Crippen LogP contribution in [-0.2, 0) is 6.42 Å². The zero-order valence-corrected chi connectivity index (χ0v) is 12.0. The molecule has 2 saturated heterocycles. The molecule has 1 aromatic heterocycles. The van der Waals surface area contributed by atoms with Crippen LogP contribution in [0.2, 0.25) is 0 Å². The largest absolute Gasteiger partial charge is 0.368 e. The predicted octanol–water partition coefficient (Wildman–Crippen LogP) is 1.30. The minimum absolute atomic E-state index is 0.433. The number of hydrogen-bond acceptors (Lipinski definition) is 5. The lowest BCUT2D eigenvalue weighted by Crippen LogP contribution is -2.59. The molecule has 0 unspecified atom stereocenters. The molecular weight excluding hydrogens is 250 g/mol. The van der Waals surface area contributed by atoms with Gasteiger partial charge in [0.2, 0.25) is 5.95 Å². The van der Waals surface area contributed by atoms with Crippen molar-refractivity contribution in [1.82, 2.24) is 14.9 Å². The lowest BCUT2D eigenvalue weighted by Gasteiger charge is -2.44. The van der Waals surface area contributed by atoms with Gasteiger partial charge in [0, 0.05) is 30.9 Å². The van der Waals surface area contributed by atoms with Gasteiger partial charge in [-0.3, -0.25) is 4.90 Å². The van der Waals surface area contributed by atoms with Crippen LogP contribution in [0.15, 0.2) is 6.07 Å². The molecule has 3 fully saturated rings. The molecule has 2 N–H and O–H groups in total. The van der Waals surface area contributed by atoms with E-state index in [9.17, 15) is 0 Å². The van der Waals surface area contributed by atoms with Crippen LogP contribution in [-0.4, -0.2) is 47.1 Å². The van der Waals surface area contributed by atoms with Crippen molar-refractivity contribution in [2.75, 3.05) is 36.8 Å². The Kier molecular flexibility index (Phi) is 3.02. The Morgan fingerprint density at radius 1 is 1.15 bits per heavy atom. The molecule has 0 bridgehead atoms. The Morgan fingerprint density at radius 2 is 1.90 bits per heavy atom. The molecule has 4 rings (SSSR count). The van der Waals surface area contributed by atoms with E-state index < -0.39 is 0 Å². The number of rotatable bonds is 4. The van der Waals surface area contributed by atoms with E-state index in [0.29, 0.717) is 5.95 Å². The lowest BCUT2D eigenvalue weighted by molar-refractivity contribution is 0.204. The maximum Gasteiger partial charge on any atom is 0.222 e. The van der Waals surface area contributed by atoms with Gasteiger partial charge >= 0.3 is 0 Å². The molecule has 108 valence electrons. The summed E-state index contributed by atoms with van der Waals surface area (Å²) >= 11 is 0. The minimum Gasteiger partial charge on any atom is -0.368 e. The molecule has 5 nitrogen and oxygen atoms in total. The van der Waals surface area contributed by atoms with Crippen molar-refractivity contribution in [3.05, 3.63) is 11.8 Å². The van der Waals surface area contributed by atoms with E-state index in [4.69, 9.17) is 5.73 Å². The highest BCUT2D eigenvalue weighted by molar-refractivity contribution is 5.46. The Morgan fingerprint density at radius 3 is 2.60 bits per heavy atom. The number of anilines is 2. The van der Waals surface area contributed by atoms with Crippen molar-refractivity contribution in [3.63, 3.8) is 0 Å². The Hall–Kier alpha value is -1.36. The zero-order chi connectivity index (χ0) is 13.5. The number of nitrogens with zero attached hydrogens (tertiary/aromatic N) is 4. The van der Waals surface area contributed by atoms with Crippen LogP contribution in [0.25, 0.3) is 0 Å². The monoisotopic (exact) mass is 273 g/mol. The first-order valence-electron chi connectivity index (χ1n) is 7.90. The molecule has 0 aromatic carbocycles. The maximum atomic E-state index is 5.87. The summed E-state index contributed by atoms with van der Waals surface area (Å²) in [7, 11) is 0. The molecule has 0 amide bonds. The highest BCUT2D eigenvalue weighted by Gasteiger charge is 2.34. The first-order valence-corrected chi connectivity index (χ1v) is 7.90. The van der Waals surface area contributed by atoms with Crippen molar-refractivity contribution >= 4 is 11.8 Å². The van der Waals surface area contributed by atoms with Crippen molar-refractivity contribution in [2.45, 2.75) is 38.1 Å². The first-order chi connectivity index (χ1) is 9.78. The third-order valence-corrected chi connectivity index (χ3v) is 4.82. The van der Waals surface area contributed by atoms with Crippen LogP contribution in [0.1, 0.15) is 31.4 Å². The van der Waals surface area contributed by atoms with Crippen molar-refractivity contribution in [3.8, 4) is 0 Å². The molecule has 2 aliphatic heterocycles. The van der Waals surface area contributed by atoms with Gasteiger partial charge in [-0.25, -0.2) is 4.98 Å². The topological polar surface area (TPSA) is 58.3 Å². The summed E-state index contributed by atoms with van der Waals surface area (Å²) in [5.41, 5.74) is 6.99. The number of nitrogen functional groups attached to an aromatic ring is 1. The quantitative estimate of drug-likeness (QED) is 0.896. The van der Waals surface area contributed by atoms with E-state index in [1.165, 1.54) is 38.8 Å². The van der Waals surface area contributed by atoms with E-state index >= 15 is 0 Å². The average molecular weight is 273 g/mol. The summed E-state index contributed by atoms with van der Waals surface area (Å²) in [5, 5.41) is 0. The second-order valence-electron chi connectivity index (χ2n) is 6.53. The molecule has 5 heteroatoms. The summed E-state index contributed by atoms with van der Waals surface area (Å²) < 4.78 is 0. The average Bonchev–Trinajstić information content (AvgIpc) is 3.00. The normalized spacial score (nSPS) is 24.1. The van der Waals surface area contributed by atoms with E-state index in [1.54, 1.807) is 0 Å². The third kappa shape index (κ3) is 2.46. The van der Waals surface area contributed by atoms with Crippen LogP contribution in [0.3, 0.4) is 0 Å². The molecule has 3 aliphatic rings. The van der Waals surface area contributed by atoms with Gasteiger partial charge in [-0.1, -0.05) is 0 Å². The second-order valence-corrected chi connectivity index (χ2v) is 6.53. The fourth-order valence-electron chi connectivity index (χ4n) is 3.37. The van der Waals surface area contributed by atoms with Gasteiger partial charge in [0.25, 0.3) is 0 Å². The number of likely N-dealkylation sites (tertiary alicyclic amines) is 1. The van der Waals surface area contributed by atoms with E-state index in [2.05, 4.69) is 25.8 Å². The summed E-state index contributed by atoms with van der Waals surface area (Å²) in [6.07, 6.45) is 6.49. The summed E-state index contributed by atoms with van der Waals surface area (Å²) in [4.78, 5) is 13.8. The highest BCUT2D eigenvalue weighted by Crippen LogP contribution is 2.33. The molecule has 0 radical (unpaired) electrons. The van der Waals surface area contributed by atoms with E-state index in [1.807, 2.05) is 0 Å². The van der Waals surface area contributed by atoms with Gasteiger partial charge < -0.3 is 10.6 Å². The molecule has 1 aliphatic carbocycles. The third-order valence-electron chi connectivity index (χ3n) is 4.82. The lowest BCUT2D eigenvalue weighted by atomic mass is 10.1. The van der Waals surface area contributed by atoms with Gasteiger partial charge in [0.1, 0.15) is 5.82 Å². The Bertz CT molecular complexity index is 487. The van der Waals surface area contributed by atoms with Gasteiger partial charge in [0.05, 0.1) is 0 Å². The summed E-state index contributed by atoms with van der Waals surface area (Å²) in [5.74, 6) is 2.30. The van der Waals surface area contributed by atoms with Gasteiger partial charge in [0.15, 0.2) is 0 Å². The van der Waals surface area contributed by atoms with Crippen LogP contribution in [0, 0.1) is 5.92 Å². The van der Waals surface area contributed by atoms with Crippen molar-refractivity contribution in [2.24, 2.45) is 5.92 Å². The number of aromatic nitrogens is 2. The predicted molar refractivity (Wildman–Crippen MR) is 79.7 cm³/mol. The van der Waals surface area contributed by atoms with Crippen molar-refractivity contribution in [1.29, 1.82) is 0 Å². The van der Waals surface area contributed by atoms with Crippen LogP contribution < -0.4 is 10.6 Å². The molecule has 1 saturated carbocycles. The van der Waals surface area contributed by atoms with Crippen LogP contribution >= 0.6 is 0 Å². The first kappa shape index (κ1) is 12.4. The fraction of sp³-hybridized carbons (Fsp3) is 0.733. The molecule has 1 aromatic rings. The van der Waals surface area contributed by atoms with Crippen LogP contribution in [0.4, 0.5) is 11.8 Å². The minimum atomic E-state index is 0.433. The standard InChI is InChI=1S/C15H23N5/c16-15-17-12(7-11-3-4-11)8-14(18-15)20-9-13(10-20)19-5-1-2-6-19/h8,11,13H,1-7,9-10H2,(H2,16,17,18). The maximum absolute atomic E-state index is 5.87. The highest BCUT2D eigenvalue weighted by atomic mass is 15.3. The summed E-state index contributed by atoms with van der Waals surface area (Å²) in [6, 6.07) is 2.87. The number of hydrogen-bond donors (Lipinski definition) is 1. The smallest absolute Gasteiger partial charge is 0.222 e. The van der Waals surface area contributed by atoms with Crippen molar-refractivity contribution < 1.29 is 0 Å². The molecule has 20 heavy (non-hydrogen) atoms. The zero-order valence-electron chi connectivity index (χ0n) is 12.0. The Balaban J connectivity index is 1.42. The Labute approximate surface area is 120 Å². The van der Waals surface area contributed by atoms with E-state index in [0.717, 1.165) is 43.0 Å². The van der Waals surface area contributed by atoms with Gasteiger partial charge in [-0.05, 0) is 51.1 Å². The molecule has 0 atom stereocenters. The number of nitrogens with two attached hydrogens (primary N) is 1. The second kappa shape index (κ2) is 4.88.